The Labute approximate surface area is 164 Å². The van der Waals surface area contributed by atoms with Gasteiger partial charge in [0.25, 0.3) is 0 Å². The van der Waals surface area contributed by atoms with Crippen molar-refractivity contribution >= 4 is 5.91 Å². The Kier molecular flexibility index (Phi) is 4.44. The molecule has 8 heteroatoms. The number of nitrogens with zero attached hydrogens (tertiary/aromatic N) is 5. The smallest absolute Gasteiger partial charge is 0.229 e. The van der Waals surface area contributed by atoms with E-state index in [0.29, 0.717) is 35.8 Å². The molecule has 0 unspecified atom stereocenters. The van der Waals surface area contributed by atoms with Crippen LogP contribution in [0.25, 0.3) is 0 Å². The first kappa shape index (κ1) is 17.8. The van der Waals surface area contributed by atoms with Crippen molar-refractivity contribution < 1.29 is 13.9 Å². The number of hydrogen-bond acceptors (Lipinski definition) is 7. The molecule has 2 aliphatic carbocycles. The number of likely N-dealkylation sites (tertiary alicyclic amines) is 1. The fourth-order valence-electron chi connectivity index (χ4n) is 4.78. The van der Waals surface area contributed by atoms with E-state index in [1.54, 1.807) is 6.92 Å². The molecule has 3 heterocycles. The van der Waals surface area contributed by atoms with Crippen LogP contribution in [0.4, 0.5) is 0 Å². The summed E-state index contributed by atoms with van der Waals surface area (Å²) in [6.07, 6.45) is 9.83. The van der Waals surface area contributed by atoms with Gasteiger partial charge in [0.2, 0.25) is 11.8 Å². The summed E-state index contributed by atoms with van der Waals surface area (Å²) in [4.78, 5) is 19.1. The minimum Gasteiger partial charge on any atom is -0.342 e. The zero-order valence-corrected chi connectivity index (χ0v) is 16.4. The molecule has 3 aliphatic rings. The number of rotatable bonds is 4. The van der Waals surface area contributed by atoms with Gasteiger partial charge in [0.15, 0.2) is 5.82 Å². The molecule has 1 aliphatic heterocycles. The van der Waals surface area contributed by atoms with E-state index in [9.17, 15) is 4.79 Å². The van der Waals surface area contributed by atoms with Gasteiger partial charge in [-0.05, 0) is 63.7 Å². The van der Waals surface area contributed by atoms with E-state index in [1.165, 1.54) is 38.5 Å². The third-order valence-corrected chi connectivity index (χ3v) is 7.09. The number of carbonyl (C=O) groups is 1. The van der Waals surface area contributed by atoms with Gasteiger partial charge in [0.1, 0.15) is 11.4 Å². The van der Waals surface area contributed by atoms with Crippen molar-refractivity contribution in [2.45, 2.75) is 76.5 Å². The number of amides is 1. The first-order chi connectivity index (χ1) is 13.6. The van der Waals surface area contributed by atoms with E-state index in [-0.39, 0.29) is 18.2 Å². The molecular weight excluding hydrogens is 358 g/mol. The number of hydrogen-bond donors (Lipinski definition) is 0. The maximum Gasteiger partial charge on any atom is 0.229 e. The summed E-state index contributed by atoms with van der Waals surface area (Å²) < 4.78 is 10.3. The highest BCUT2D eigenvalue weighted by Gasteiger charge is 2.45. The van der Waals surface area contributed by atoms with E-state index in [1.807, 2.05) is 4.90 Å². The molecule has 0 aromatic carbocycles. The SMILES string of the molecule is Cc1nonc1CC(=O)N1CCC(c2nc(C3CCC4(CC3)CC4)no2)CC1. The predicted molar refractivity (Wildman–Crippen MR) is 98.5 cm³/mol. The van der Waals surface area contributed by atoms with Gasteiger partial charge in [-0.1, -0.05) is 15.5 Å². The third kappa shape index (κ3) is 3.44. The highest BCUT2D eigenvalue weighted by Crippen LogP contribution is 2.58. The van der Waals surface area contributed by atoms with Crippen LogP contribution in [-0.4, -0.2) is 44.4 Å². The van der Waals surface area contributed by atoms with E-state index in [0.717, 1.165) is 24.6 Å². The first-order valence-electron chi connectivity index (χ1n) is 10.5. The fourth-order valence-corrected chi connectivity index (χ4v) is 4.78. The molecule has 0 atom stereocenters. The van der Waals surface area contributed by atoms with Gasteiger partial charge >= 0.3 is 0 Å². The maximum atomic E-state index is 12.5. The minimum absolute atomic E-state index is 0.0691. The second-order valence-corrected chi connectivity index (χ2v) is 8.89. The molecule has 5 rings (SSSR count). The second kappa shape index (κ2) is 6.97. The Morgan fingerprint density at radius 3 is 2.43 bits per heavy atom. The summed E-state index contributed by atoms with van der Waals surface area (Å²) in [7, 11) is 0. The van der Waals surface area contributed by atoms with Gasteiger partial charge in [-0.25, -0.2) is 4.63 Å². The molecule has 2 aromatic heterocycles. The topological polar surface area (TPSA) is 98.2 Å². The zero-order valence-electron chi connectivity index (χ0n) is 16.4. The van der Waals surface area contributed by atoms with E-state index >= 15 is 0 Å². The van der Waals surface area contributed by atoms with Gasteiger partial charge < -0.3 is 9.42 Å². The molecule has 2 saturated carbocycles. The summed E-state index contributed by atoms with van der Waals surface area (Å²) >= 11 is 0. The fraction of sp³-hybridized carbons (Fsp3) is 0.750. The lowest BCUT2D eigenvalue weighted by Crippen LogP contribution is -2.39. The van der Waals surface area contributed by atoms with Crippen molar-refractivity contribution in [2.75, 3.05) is 13.1 Å². The summed E-state index contributed by atoms with van der Waals surface area (Å²) in [6, 6.07) is 0. The summed E-state index contributed by atoms with van der Waals surface area (Å²) in [5, 5.41) is 11.8. The molecule has 8 nitrogen and oxygen atoms in total. The third-order valence-electron chi connectivity index (χ3n) is 7.09. The lowest BCUT2D eigenvalue weighted by molar-refractivity contribution is -0.131. The van der Waals surface area contributed by atoms with Crippen molar-refractivity contribution in [3.05, 3.63) is 23.1 Å². The van der Waals surface area contributed by atoms with Crippen LogP contribution in [0.1, 0.15) is 86.3 Å². The van der Waals surface area contributed by atoms with Crippen LogP contribution >= 0.6 is 0 Å². The van der Waals surface area contributed by atoms with E-state index in [4.69, 9.17) is 9.51 Å². The average molecular weight is 385 g/mol. The van der Waals surface area contributed by atoms with Crippen LogP contribution in [0.15, 0.2) is 9.15 Å². The van der Waals surface area contributed by atoms with Gasteiger partial charge in [0, 0.05) is 24.9 Å². The Morgan fingerprint density at radius 2 is 1.79 bits per heavy atom. The van der Waals surface area contributed by atoms with Crippen molar-refractivity contribution in [2.24, 2.45) is 5.41 Å². The van der Waals surface area contributed by atoms with Crippen molar-refractivity contribution in [1.82, 2.24) is 25.4 Å². The van der Waals surface area contributed by atoms with Crippen molar-refractivity contribution in [3.63, 3.8) is 0 Å². The van der Waals surface area contributed by atoms with Crippen LogP contribution in [0.5, 0.6) is 0 Å². The van der Waals surface area contributed by atoms with Crippen LogP contribution in [0, 0.1) is 12.3 Å². The summed E-state index contributed by atoms with van der Waals surface area (Å²) in [5.74, 6) is 2.44. The predicted octanol–water partition coefficient (Wildman–Crippen LogP) is 3.15. The number of aryl methyl sites for hydroxylation is 1. The van der Waals surface area contributed by atoms with Gasteiger partial charge in [0.05, 0.1) is 6.42 Å². The Hall–Kier alpha value is -2.25. The molecular formula is C20H27N5O3. The number of piperidine rings is 1. The molecule has 150 valence electrons. The van der Waals surface area contributed by atoms with Crippen LogP contribution in [0.3, 0.4) is 0 Å². The lowest BCUT2D eigenvalue weighted by atomic mass is 9.79. The minimum atomic E-state index is 0.0691. The lowest BCUT2D eigenvalue weighted by Gasteiger charge is -2.30. The van der Waals surface area contributed by atoms with Gasteiger partial charge in [-0.15, -0.1) is 0 Å². The van der Waals surface area contributed by atoms with Crippen LogP contribution in [0.2, 0.25) is 0 Å². The monoisotopic (exact) mass is 385 g/mol. The van der Waals surface area contributed by atoms with Crippen LogP contribution < -0.4 is 0 Å². The van der Waals surface area contributed by atoms with Crippen molar-refractivity contribution in [3.8, 4) is 0 Å². The number of carbonyl (C=O) groups excluding carboxylic acids is 1. The Balaban J connectivity index is 1.14. The standard InChI is InChI=1S/C20H27N5O3/c1-13-16(23-28-22-13)12-17(26)25-10-4-15(5-11-25)19-21-18(24-27-19)14-2-6-20(7-3-14)8-9-20/h14-15H,2-12H2,1H3. The molecule has 28 heavy (non-hydrogen) atoms. The Bertz CT molecular complexity index is 838. The van der Waals surface area contributed by atoms with Crippen molar-refractivity contribution in [1.29, 1.82) is 0 Å². The zero-order chi connectivity index (χ0) is 19.1. The highest BCUT2D eigenvalue weighted by atomic mass is 16.6. The molecule has 1 spiro atoms. The summed E-state index contributed by atoms with van der Waals surface area (Å²) in [6.45, 7) is 3.21. The summed E-state index contributed by atoms with van der Waals surface area (Å²) in [5.41, 5.74) is 1.98. The Morgan fingerprint density at radius 1 is 1.04 bits per heavy atom. The average Bonchev–Trinajstić information content (AvgIpc) is 3.11. The molecule has 3 fully saturated rings. The molecule has 1 saturated heterocycles. The first-order valence-corrected chi connectivity index (χ1v) is 10.5. The van der Waals surface area contributed by atoms with E-state index in [2.05, 4.69) is 20.1 Å². The molecule has 0 bridgehead atoms. The quantitative estimate of drug-likeness (QED) is 0.797. The largest absolute Gasteiger partial charge is 0.342 e. The van der Waals surface area contributed by atoms with Gasteiger partial charge in [-0.3, -0.25) is 4.79 Å². The normalized spacial score (nSPS) is 22.7. The molecule has 1 amide bonds. The second-order valence-electron chi connectivity index (χ2n) is 8.89. The highest BCUT2D eigenvalue weighted by molar-refractivity contribution is 5.78. The number of aromatic nitrogens is 4. The molecule has 0 radical (unpaired) electrons. The van der Waals surface area contributed by atoms with Crippen LogP contribution in [-0.2, 0) is 11.2 Å². The molecule has 2 aromatic rings. The molecule has 0 N–H and O–H groups in total. The van der Waals surface area contributed by atoms with Gasteiger partial charge in [-0.2, -0.15) is 4.98 Å². The maximum absolute atomic E-state index is 12.5. The van der Waals surface area contributed by atoms with E-state index < -0.39 is 0 Å².